The molecule has 0 aliphatic heterocycles. The van der Waals surface area contributed by atoms with Gasteiger partial charge in [0.05, 0.1) is 0 Å². The summed E-state index contributed by atoms with van der Waals surface area (Å²) in [5.74, 6) is 0. The van der Waals surface area contributed by atoms with Crippen molar-refractivity contribution in [1.29, 1.82) is 0 Å². The Hall–Kier alpha value is -0.120. The Morgan fingerprint density at radius 3 is 2.00 bits per heavy atom. The Morgan fingerprint density at radius 2 is 1.56 bits per heavy atom. The highest BCUT2D eigenvalue weighted by atomic mass is 16.7. The van der Waals surface area contributed by atoms with E-state index in [-0.39, 0.29) is 6.29 Å². The fourth-order valence-corrected chi connectivity index (χ4v) is 1.39. The highest BCUT2D eigenvalue weighted by molar-refractivity contribution is 4.63. The maximum absolute atomic E-state index is 5.47. The van der Waals surface area contributed by atoms with Gasteiger partial charge in [0, 0.05) is 19.6 Å². The second-order valence-corrected chi connectivity index (χ2v) is 5.19. The predicted octanol–water partition coefficient (Wildman–Crippen LogP) is 2.80. The Morgan fingerprint density at radius 1 is 1.00 bits per heavy atom. The van der Waals surface area contributed by atoms with Crippen LogP contribution in [-0.4, -0.2) is 32.6 Å². The molecule has 0 heterocycles. The average molecular weight is 231 g/mol. The van der Waals surface area contributed by atoms with Gasteiger partial charge in [0.2, 0.25) is 0 Å². The number of ether oxygens (including phenoxy) is 2. The summed E-state index contributed by atoms with van der Waals surface area (Å²) in [7, 11) is 0. The molecule has 0 radical (unpaired) electrons. The highest BCUT2D eigenvalue weighted by Gasteiger charge is 2.10. The topological polar surface area (TPSA) is 30.5 Å². The summed E-state index contributed by atoms with van der Waals surface area (Å²) < 4.78 is 10.9. The van der Waals surface area contributed by atoms with Crippen LogP contribution in [0.4, 0.5) is 0 Å². The fourth-order valence-electron chi connectivity index (χ4n) is 1.39. The molecule has 3 nitrogen and oxygen atoms in total. The SMILES string of the molecule is CCOC(CCNCCC(C)(C)C)OCC. The van der Waals surface area contributed by atoms with Gasteiger partial charge >= 0.3 is 0 Å². The van der Waals surface area contributed by atoms with E-state index < -0.39 is 0 Å². The third kappa shape index (κ3) is 10.4. The van der Waals surface area contributed by atoms with Crippen LogP contribution in [0.15, 0.2) is 0 Å². The van der Waals surface area contributed by atoms with Crippen LogP contribution in [0.3, 0.4) is 0 Å². The number of rotatable bonds is 9. The van der Waals surface area contributed by atoms with E-state index in [0.29, 0.717) is 18.6 Å². The smallest absolute Gasteiger partial charge is 0.158 e. The van der Waals surface area contributed by atoms with E-state index in [9.17, 15) is 0 Å². The van der Waals surface area contributed by atoms with E-state index in [4.69, 9.17) is 9.47 Å². The molecule has 0 aromatic heterocycles. The van der Waals surface area contributed by atoms with Crippen LogP contribution in [0.2, 0.25) is 0 Å². The molecule has 0 unspecified atom stereocenters. The minimum Gasteiger partial charge on any atom is -0.353 e. The van der Waals surface area contributed by atoms with Crippen molar-refractivity contribution >= 4 is 0 Å². The first-order valence-corrected chi connectivity index (χ1v) is 6.43. The van der Waals surface area contributed by atoms with Crippen molar-refractivity contribution in [3.8, 4) is 0 Å². The summed E-state index contributed by atoms with van der Waals surface area (Å²) in [4.78, 5) is 0. The molecule has 0 atom stereocenters. The van der Waals surface area contributed by atoms with Crippen LogP contribution in [0, 0.1) is 5.41 Å². The quantitative estimate of drug-likeness (QED) is 0.489. The third-order valence-electron chi connectivity index (χ3n) is 2.31. The van der Waals surface area contributed by atoms with Crippen molar-refractivity contribution < 1.29 is 9.47 Å². The first kappa shape index (κ1) is 15.9. The van der Waals surface area contributed by atoms with Gasteiger partial charge in [-0.3, -0.25) is 0 Å². The summed E-state index contributed by atoms with van der Waals surface area (Å²) in [6.45, 7) is 14.2. The van der Waals surface area contributed by atoms with Crippen molar-refractivity contribution in [2.75, 3.05) is 26.3 Å². The van der Waals surface area contributed by atoms with E-state index in [2.05, 4.69) is 26.1 Å². The molecule has 0 spiro atoms. The molecule has 0 fully saturated rings. The second-order valence-electron chi connectivity index (χ2n) is 5.19. The zero-order valence-corrected chi connectivity index (χ0v) is 11.6. The molecule has 0 saturated carbocycles. The van der Waals surface area contributed by atoms with E-state index in [0.717, 1.165) is 19.5 Å². The van der Waals surface area contributed by atoms with Gasteiger partial charge in [-0.2, -0.15) is 0 Å². The normalized spacial score (nSPS) is 12.4. The molecule has 0 saturated heterocycles. The first-order valence-electron chi connectivity index (χ1n) is 6.43. The maximum atomic E-state index is 5.47. The molecule has 0 aromatic carbocycles. The summed E-state index contributed by atoms with van der Waals surface area (Å²) in [6.07, 6.45) is 2.07. The van der Waals surface area contributed by atoms with Gasteiger partial charge in [0.1, 0.15) is 0 Å². The number of hydrogen-bond donors (Lipinski definition) is 1. The Labute approximate surface area is 101 Å². The molecule has 0 amide bonds. The summed E-state index contributed by atoms with van der Waals surface area (Å²) in [6, 6.07) is 0. The summed E-state index contributed by atoms with van der Waals surface area (Å²) in [5.41, 5.74) is 0.409. The van der Waals surface area contributed by atoms with Crippen LogP contribution in [0.1, 0.15) is 47.5 Å². The summed E-state index contributed by atoms with van der Waals surface area (Å²) in [5, 5.41) is 3.43. The van der Waals surface area contributed by atoms with Crippen molar-refractivity contribution in [3.05, 3.63) is 0 Å². The molecule has 0 aliphatic carbocycles. The molecule has 0 aromatic rings. The van der Waals surface area contributed by atoms with Crippen molar-refractivity contribution in [3.63, 3.8) is 0 Å². The zero-order valence-electron chi connectivity index (χ0n) is 11.6. The van der Waals surface area contributed by atoms with Crippen molar-refractivity contribution in [2.45, 2.75) is 53.8 Å². The summed E-state index contributed by atoms with van der Waals surface area (Å²) >= 11 is 0. The first-order chi connectivity index (χ1) is 7.49. The van der Waals surface area contributed by atoms with Crippen LogP contribution < -0.4 is 5.32 Å². The van der Waals surface area contributed by atoms with Crippen LogP contribution in [-0.2, 0) is 9.47 Å². The Balaban J connectivity index is 3.46. The van der Waals surface area contributed by atoms with E-state index >= 15 is 0 Å². The van der Waals surface area contributed by atoms with Crippen LogP contribution in [0.25, 0.3) is 0 Å². The lowest BCUT2D eigenvalue weighted by Crippen LogP contribution is -2.27. The monoisotopic (exact) mass is 231 g/mol. The maximum Gasteiger partial charge on any atom is 0.158 e. The van der Waals surface area contributed by atoms with Crippen molar-refractivity contribution in [2.24, 2.45) is 5.41 Å². The molecule has 0 aliphatic rings. The lowest BCUT2D eigenvalue weighted by atomic mass is 9.92. The standard InChI is InChI=1S/C13H29NO2/c1-6-15-12(16-7-2)8-10-14-11-9-13(3,4)5/h12,14H,6-11H2,1-5H3. The van der Waals surface area contributed by atoms with Crippen LogP contribution >= 0.6 is 0 Å². The molecular formula is C13H29NO2. The van der Waals surface area contributed by atoms with Crippen LogP contribution in [0.5, 0.6) is 0 Å². The Kier molecular flexibility index (Phi) is 8.90. The minimum atomic E-state index is -0.0443. The molecular weight excluding hydrogens is 202 g/mol. The molecule has 16 heavy (non-hydrogen) atoms. The van der Waals surface area contributed by atoms with E-state index in [1.165, 1.54) is 6.42 Å². The molecule has 98 valence electrons. The van der Waals surface area contributed by atoms with Gasteiger partial charge in [-0.25, -0.2) is 0 Å². The highest BCUT2D eigenvalue weighted by Crippen LogP contribution is 2.16. The van der Waals surface area contributed by atoms with Gasteiger partial charge in [-0.15, -0.1) is 0 Å². The molecule has 0 rings (SSSR count). The van der Waals surface area contributed by atoms with Gasteiger partial charge < -0.3 is 14.8 Å². The Bertz CT molecular complexity index is 149. The van der Waals surface area contributed by atoms with Gasteiger partial charge in [-0.05, 0) is 38.8 Å². The third-order valence-corrected chi connectivity index (χ3v) is 2.31. The van der Waals surface area contributed by atoms with Gasteiger partial charge in [-0.1, -0.05) is 20.8 Å². The minimum absolute atomic E-state index is 0.0443. The lowest BCUT2D eigenvalue weighted by Gasteiger charge is -2.19. The largest absolute Gasteiger partial charge is 0.353 e. The number of hydrogen-bond acceptors (Lipinski definition) is 3. The fraction of sp³-hybridized carbons (Fsp3) is 1.00. The van der Waals surface area contributed by atoms with Gasteiger partial charge in [0.15, 0.2) is 6.29 Å². The van der Waals surface area contributed by atoms with Gasteiger partial charge in [0.25, 0.3) is 0 Å². The van der Waals surface area contributed by atoms with E-state index in [1.54, 1.807) is 0 Å². The van der Waals surface area contributed by atoms with Crippen molar-refractivity contribution in [1.82, 2.24) is 5.32 Å². The van der Waals surface area contributed by atoms with E-state index in [1.807, 2.05) is 13.8 Å². The number of nitrogens with one attached hydrogen (secondary N) is 1. The molecule has 3 heteroatoms. The average Bonchev–Trinajstić information content (AvgIpc) is 2.16. The lowest BCUT2D eigenvalue weighted by molar-refractivity contribution is -0.138. The predicted molar refractivity (Wildman–Crippen MR) is 68.6 cm³/mol. The zero-order chi connectivity index (χ0) is 12.4. The second kappa shape index (κ2) is 8.97. The molecule has 1 N–H and O–H groups in total. The molecule has 0 bridgehead atoms.